The van der Waals surface area contributed by atoms with Gasteiger partial charge in [-0.15, -0.1) is 0 Å². The molecule has 0 saturated heterocycles. The average molecular weight is 124 g/mol. The van der Waals surface area contributed by atoms with E-state index in [0.29, 0.717) is 0 Å². The second kappa shape index (κ2) is 7.17. The van der Waals surface area contributed by atoms with Crippen LogP contribution in [0.25, 0.3) is 0 Å². The minimum absolute atomic E-state index is 0. The van der Waals surface area contributed by atoms with Gasteiger partial charge in [-0.3, -0.25) is 0 Å². The van der Waals surface area contributed by atoms with Crippen LogP contribution in [0.2, 0.25) is 0 Å². The molecule has 8 heavy (non-hydrogen) atoms. The van der Waals surface area contributed by atoms with Crippen LogP contribution in [0.3, 0.4) is 0 Å². The summed E-state index contributed by atoms with van der Waals surface area (Å²) in [5.41, 5.74) is 0. The fourth-order valence-electron chi connectivity index (χ4n) is 0.149. The second-order valence-corrected chi connectivity index (χ2v) is 0.904. The maximum atomic E-state index is 9.45. The Hall–Kier alpha value is 0.170. The third-order valence-corrected chi connectivity index (χ3v) is 0.359. The Kier molecular flexibility index (Phi) is 9.89. The van der Waals surface area contributed by atoms with Gasteiger partial charge in [0.1, 0.15) is 0 Å². The fraction of sp³-hybridized carbons (Fsp3) is 0.250. The minimum Gasteiger partial charge on any atom is -0.545 e. The summed E-state index contributed by atoms with van der Waals surface area (Å²) in [5, 5.41) is 17.4. The van der Waals surface area contributed by atoms with Crippen LogP contribution in [0.5, 0.6) is 0 Å². The molecule has 0 aromatic heterocycles. The van der Waals surface area contributed by atoms with Crippen LogP contribution in [-0.2, 0) is 4.79 Å². The van der Waals surface area contributed by atoms with E-state index >= 15 is 0 Å². The molecular formula is C4H5NaO3. The van der Waals surface area contributed by atoms with Crippen molar-refractivity contribution in [2.75, 3.05) is 6.61 Å². The first-order valence-electron chi connectivity index (χ1n) is 1.75. The van der Waals surface area contributed by atoms with Crippen molar-refractivity contribution in [1.29, 1.82) is 0 Å². The topological polar surface area (TPSA) is 60.4 Å². The number of carboxylic acid groups (broad SMARTS) is 1. The maximum Gasteiger partial charge on any atom is 1.00 e. The molecule has 0 radical (unpaired) electrons. The Bertz CT molecular complexity index is 89.3. The van der Waals surface area contributed by atoms with Crippen molar-refractivity contribution in [2.24, 2.45) is 0 Å². The van der Waals surface area contributed by atoms with Crippen molar-refractivity contribution in [3.63, 3.8) is 0 Å². The zero-order chi connectivity index (χ0) is 5.70. The monoisotopic (exact) mass is 124 g/mol. The molecule has 0 atom stereocenters. The van der Waals surface area contributed by atoms with Gasteiger partial charge < -0.3 is 15.0 Å². The molecule has 0 amide bonds. The van der Waals surface area contributed by atoms with Crippen molar-refractivity contribution >= 4 is 5.97 Å². The van der Waals surface area contributed by atoms with Gasteiger partial charge >= 0.3 is 29.6 Å². The Balaban J connectivity index is 0. The molecule has 0 aromatic carbocycles. The van der Waals surface area contributed by atoms with Gasteiger partial charge in [0.05, 0.1) is 12.6 Å². The smallest absolute Gasteiger partial charge is 0.545 e. The first-order valence-corrected chi connectivity index (χ1v) is 1.75. The van der Waals surface area contributed by atoms with Gasteiger partial charge in [-0.1, -0.05) is 6.08 Å². The molecule has 0 spiro atoms. The summed E-state index contributed by atoms with van der Waals surface area (Å²) in [7, 11) is 0. The van der Waals surface area contributed by atoms with Crippen LogP contribution < -0.4 is 34.7 Å². The molecule has 40 valence electrons. The number of rotatable bonds is 2. The second-order valence-electron chi connectivity index (χ2n) is 0.904. The molecule has 0 aliphatic heterocycles. The molecule has 3 nitrogen and oxygen atoms in total. The van der Waals surface area contributed by atoms with E-state index in [1.807, 2.05) is 0 Å². The molecular weight excluding hydrogens is 119 g/mol. The van der Waals surface area contributed by atoms with Crippen LogP contribution in [0.15, 0.2) is 12.2 Å². The molecule has 0 aliphatic carbocycles. The largest absolute Gasteiger partial charge is 1.00 e. The zero-order valence-corrected chi connectivity index (χ0v) is 6.63. The fourth-order valence-corrected chi connectivity index (χ4v) is 0.149. The van der Waals surface area contributed by atoms with Crippen molar-refractivity contribution in [1.82, 2.24) is 0 Å². The number of carbonyl (C=O) groups is 1. The summed E-state index contributed by atoms with van der Waals surface area (Å²) >= 11 is 0. The summed E-state index contributed by atoms with van der Waals surface area (Å²) in [5.74, 6) is -1.28. The van der Waals surface area contributed by atoms with E-state index in [-0.39, 0.29) is 36.2 Å². The number of aliphatic carboxylic acids is 1. The predicted octanol–water partition coefficient (Wildman–Crippen LogP) is -4.71. The maximum absolute atomic E-state index is 9.45. The number of aliphatic hydroxyl groups excluding tert-OH is 1. The van der Waals surface area contributed by atoms with Crippen molar-refractivity contribution < 1.29 is 44.6 Å². The predicted molar refractivity (Wildman–Crippen MR) is 21.2 cm³/mol. The standard InChI is InChI=1S/C4H6O3.Na/c5-3-1-2-4(6)7;/h1-2,5H,3H2,(H,6,7);/q;+1/p-1. The first-order chi connectivity index (χ1) is 3.27. The van der Waals surface area contributed by atoms with E-state index in [2.05, 4.69) is 0 Å². The van der Waals surface area contributed by atoms with Crippen molar-refractivity contribution in [3.8, 4) is 0 Å². The quantitative estimate of drug-likeness (QED) is 0.297. The first kappa shape index (κ1) is 11.0. The number of hydrogen-bond donors (Lipinski definition) is 1. The van der Waals surface area contributed by atoms with E-state index in [1.165, 1.54) is 0 Å². The number of aliphatic hydroxyl groups is 1. The van der Waals surface area contributed by atoms with Gasteiger partial charge in [-0.25, -0.2) is 0 Å². The van der Waals surface area contributed by atoms with Gasteiger partial charge in [-0.05, 0) is 6.08 Å². The molecule has 0 unspecified atom stereocenters. The van der Waals surface area contributed by atoms with Crippen LogP contribution in [0.4, 0.5) is 0 Å². The Labute approximate surface area is 69.3 Å². The third-order valence-electron chi connectivity index (χ3n) is 0.359. The van der Waals surface area contributed by atoms with Gasteiger partial charge in [0, 0.05) is 0 Å². The van der Waals surface area contributed by atoms with Gasteiger partial charge in [0.25, 0.3) is 0 Å². The molecule has 0 rings (SSSR count). The summed E-state index contributed by atoms with van der Waals surface area (Å²) in [6.45, 7) is -0.256. The van der Waals surface area contributed by atoms with Gasteiger partial charge in [0.2, 0.25) is 0 Å². The normalized spacial score (nSPS) is 8.62. The van der Waals surface area contributed by atoms with Crippen LogP contribution in [0.1, 0.15) is 0 Å². The van der Waals surface area contributed by atoms with Crippen LogP contribution in [0, 0.1) is 0 Å². The zero-order valence-electron chi connectivity index (χ0n) is 4.63. The molecule has 0 saturated carbocycles. The minimum atomic E-state index is -1.28. The summed E-state index contributed by atoms with van der Waals surface area (Å²) in [6.07, 6.45) is 1.87. The molecule has 4 heteroatoms. The molecule has 0 aliphatic rings. The van der Waals surface area contributed by atoms with Crippen LogP contribution >= 0.6 is 0 Å². The Morgan fingerprint density at radius 2 is 2.25 bits per heavy atom. The van der Waals surface area contributed by atoms with E-state index in [1.54, 1.807) is 0 Å². The van der Waals surface area contributed by atoms with Crippen molar-refractivity contribution in [3.05, 3.63) is 12.2 Å². The van der Waals surface area contributed by atoms with Gasteiger partial charge in [-0.2, -0.15) is 0 Å². The SMILES string of the molecule is O=C([O-])C=CCO.[Na+]. The molecule has 0 fully saturated rings. The molecule has 0 bridgehead atoms. The number of carboxylic acids is 1. The summed E-state index contributed by atoms with van der Waals surface area (Å²) in [6, 6.07) is 0. The van der Waals surface area contributed by atoms with E-state index in [0.717, 1.165) is 12.2 Å². The van der Waals surface area contributed by atoms with Gasteiger partial charge in [0.15, 0.2) is 0 Å². The van der Waals surface area contributed by atoms with E-state index in [4.69, 9.17) is 5.11 Å². The van der Waals surface area contributed by atoms with E-state index < -0.39 is 5.97 Å². The number of carbonyl (C=O) groups excluding carboxylic acids is 1. The summed E-state index contributed by atoms with van der Waals surface area (Å²) < 4.78 is 0. The van der Waals surface area contributed by atoms with E-state index in [9.17, 15) is 9.90 Å². The van der Waals surface area contributed by atoms with Crippen LogP contribution in [-0.4, -0.2) is 17.7 Å². The molecule has 0 heterocycles. The number of hydrogen-bond acceptors (Lipinski definition) is 3. The molecule has 0 aromatic rings. The average Bonchev–Trinajstić information content (AvgIpc) is 1.61. The summed E-state index contributed by atoms with van der Waals surface area (Å²) in [4.78, 5) is 9.45. The Morgan fingerprint density at radius 1 is 1.75 bits per heavy atom. The molecule has 1 N–H and O–H groups in total. The van der Waals surface area contributed by atoms with Crippen molar-refractivity contribution in [2.45, 2.75) is 0 Å². The Morgan fingerprint density at radius 3 is 2.38 bits per heavy atom. The third kappa shape index (κ3) is 9.48.